The zero-order chi connectivity index (χ0) is 25.0. The maximum absolute atomic E-state index is 13.4. The van der Waals surface area contributed by atoms with Gasteiger partial charge in [-0.3, -0.25) is 4.98 Å². The molecule has 1 aliphatic rings. The maximum atomic E-state index is 13.4. The number of pyridine rings is 2. The van der Waals surface area contributed by atoms with Gasteiger partial charge in [-0.15, -0.1) is 11.8 Å². The second-order valence-electron chi connectivity index (χ2n) is 7.72. The number of nitrogens with zero attached hydrogens (tertiary/aromatic N) is 5. The van der Waals surface area contributed by atoms with E-state index in [9.17, 15) is 24.4 Å². The van der Waals surface area contributed by atoms with Gasteiger partial charge in [0.2, 0.25) is 0 Å². The maximum Gasteiger partial charge on any atom is 0.421 e. The van der Waals surface area contributed by atoms with Gasteiger partial charge in [0.05, 0.1) is 11.7 Å². The summed E-state index contributed by atoms with van der Waals surface area (Å²) in [5.74, 6) is 0.634. The number of thioether (sulfide) groups is 1. The summed E-state index contributed by atoms with van der Waals surface area (Å²) >= 11 is 1.31. The molecule has 0 amide bonds. The molecule has 0 radical (unpaired) electrons. The number of hydrogen-bond acceptors (Lipinski definition) is 9. The zero-order valence-corrected chi connectivity index (χ0v) is 19.0. The van der Waals surface area contributed by atoms with Crippen LogP contribution in [0.2, 0.25) is 0 Å². The Hall–Kier alpha value is -3.77. The number of aliphatic hydroxyl groups is 2. The van der Waals surface area contributed by atoms with Gasteiger partial charge < -0.3 is 19.8 Å². The lowest BCUT2D eigenvalue weighted by Crippen LogP contribution is -2.51. The van der Waals surface area contributed by atoms with Gasteiger partial charge in [-0.25, -0.2) is 4.98 Å². The summed E-state index contributed by atoms with van der Waals surface area (Å²) in [6, 6.07) is 13.4. The van der Waals surface area contributed by atoms with Crippen molar-refractivity contribution in [2.75, 3.05) is 24.6 Å². The largest absolute Gasteiger partial charge is 0.431 e. The number of aliphatic hydroxyl groups excluding tert-OH is 2. The molecule has 0 spiro atoms. The Bertz CT molecular complexity index is 1290. The van der Waals surface area contributed by atoms with E-state index in [2.05, 4.69) is 26.8 Å². The summed E-state index contributed by atoms with van der Waals surface area (Å²) in [6.07, 6.45) is -0.921. The fourth-order valence-electron chi connectivity index (χ4n) is 3.54. The summed E-state index contributed by atoms with van der Waals surface area (Å²) in [7, 11) is 0. The van der Waals surface area contributed by atoms with E-state index >= 15 is 0 Å². The molecule has 1 aromatic carbocycles. The highest BCUT2D eigenvalue weighted by atomic mass is 32.2. The molecule has 0 aliphatic carbocycles. The van der Waals surface area contributed by atoms with Crippen molar-refractivity contribution in [1.29, 1.82) is 10.5 Å². The first-order valence-corrected chi connectivity index (χ1v) is 11.4. The molecule has 0 saturated carbocycles. The number of nitriles is 2. The Balaban J connectivity index is 1.79. The van der Waals surface area contributed by atoms with Crippen molar-refractivity contribution in [3.05, 3.63) is 65.5 Å². The smallest absolute Gasteiger partial charge is 0.421 e. The van der Waals surface area contributed by atoms with E-state index in [4.69, 9.17) is 5.11 Å². The van der Waals surface area contributed by atoms with Crippen molar-refractivity contribution < 1.29 is 23.7 Å². The van der Waals surface area contributed by atoms with E-state index < -0.39 is 18.8 Å². The first kappa shape index (κ1) is 24.4. The summed E-state index contributed by atoms with van der Waals surface area (Å²) in [5.41, 5.74) is 1.99. The molecule has 11 heteroatoms. The lowest BCUT2D eigenvalue weighted by atomic mass is 9.95. The first-order chi connectivity index (χ1) is 16.8. The fourth-order valence-corrected chi connectivity index (χ4v) is 4.46. The van der Waals surface area contributed by atoms with Gasteiger partial charge >= 0.3 is 6.11 Å². The van der Waals surface area contributed by atoms with E-state index in [-0.39, 0.29) is 16.9 Å². The molecule has 1 fully saturated rings. The third-order valence-electron chi connectivity index (χ3n) is 5.22. The Kier molecular flexibility index (Phi) is 7.12. The van der Waals surface area contributed by atoms with Crippen LogP contribution in [0.1, 0.15) is 16.7 Å². The Morgan fingerprint density at radius 3 is 2.43 bits per heavy atom. The van der Waals surface area contributed by atoms with E-state index in [0.717, 1.165) is 5.56 Å². The number of anilines is 1. The summed E-state index contributed by atoms with van der Waals surface area (Å²) < 4.78 is 31.3. The Labute approximate surface area is 204 Å². The third kappa shape index (κ3) is 5.33. The number of alkyl halides is 2. The minimum Gasteiger partial charge on any atom is -0.431 e. The first-order valence-electron chi connectivity index (χ1n) is 10.5. The van der Waals surface area contributed by atoms with Crippen LogP contribution < -0.4 is 9.64 Å². The van der Waals surface area contributed by atoms with Crippen LogP contribution in [-0.2, 0) is 5.75 Å². The van der Waals surface area contributed by atoms with Gasteiger partial charge in [0.25, 0.3) is 0 Å². The molecule has 4 rings (SSSR count). The average molecular weight is 496 g/mol. The molecular formula is C24H19F2N5O3S. The summed E-state index contributed by atoms with van der Waals surface area (Å²) in [4.78, 5) is 10.5. The number of benzene rings is 1. The van der Waals surface area contributed by atoms with Gasteiger partial charge in [0.1, 0.15) is 40.9 Å². The average Bonchev–Trinajstić information content (AvgIpc) is 2.85. The molecule has 0 unspecified atom stereocenters. The summed E-state index contributed by atoms with van der Waals surface area (Å²) in [5, 5.41) is 38.9. The number of ether oxygens (including phenoxy) is 1. The molecule has 35 heavy (non-hydrogen) atoms. The lowest BCUT2D eigenvalue weighted by molar-refractivity contribution is -0.200. The van der Waals surface area contributed by atoms with E-state index in [0.29, 0.717) is 40.8 Å². The number of hydrogen-bond donors (Lipinski definition) is 2. The van der Waals surface area contributed by atoms with Gasteiger partial charge in [0, 0.05) is 36.8 Å². The van der Waals surface area contributed by atoms with Crippen molar-refractivity contribution in [2.24, 2.45) is 0 Å². The van der Waals surface area contributed by atoms with Crippen LogP contribution in [0.25, 0.3) is 11.1 Å². The molecule has 2 N–H and O–H groups in total. The third-order valence-corrected chi connectivity index (χ3v) is 6.27. The van der Waals surface area contributed by atoms with E-state index in [1.54, 1.807) is 23.4 Å². The molecular weight excluding hydrogens is 476 g/mol. The van der Waals surface area contributed by atoms with Gasteiger partial charge in [-0.1, -0.05) is 18.2 Å². The predicted molar refractivity (Wildman–Crippen MR) is 124 cm³/mol. The van der Waals surface area contributed by atoms with Crippen molar-refractivity contribution in [3.8, 4) is 29.0 Å². The minimum atomic E-state index is -3.74. The predicted octanol–water partition coefficient (Wildman–Crippen LogP) is 3.32. The quantitative estimate of drug-likeness (QED) is 0.453. The minimum absolute atomic E-state index is 0.147. The normalized spacial score (nSPS) is 13.6. The van der Waals surface area contributed by atoms with Crippen LogP contribution in [0.5, 0.6) is 5.75 Å². The van der Waals surface area contributed by atoms with Crippen molar-refractivity contribution in [2.45, 2.75) is 23.0 Å². The second kappa shape index (κ2) is 10.2. The SMILES string of the molecule is N#Cc1c(SCc2cccnc2)nc(N2CC(O)C2)c(C#N)c1-c1ccc(OC(F)(F)CO)cc1. The second-order valence-corrected chi connectivity index (χ2v) is 8.68. The zero-order valence-electron chi connectivity index (χ0n) is 18.2. The van der Waals surface area contributed by atoms with Crippen LogP contribution >= 0.6 is 11.8 Å². The van der Waals surface area contributed by atoms with Gasteiger partial charge in [-0.2, -0.15) is 19.3 Å². The van der Waals surface area contributed by atoms with Crippen LogP contribution in [0.15, 0.2) is 53.8 Å². The monoisotopic (exact) mass is 495 g/mol. The van der Waals surface area contributed by atoms with Crippen LogP contribution in [0.4, 0.5) is 14.6 Å². The standard InChI is InChI=1S/C24H19F2N5O3S/c25-24(26,14-32)34-18-5-3-16(4-6-18)21-19(8-27)22(31-11-17(33)12-31)30-23(20(21)9-28)35-13-15-2-1-7-29-10-15/h1-7,10,17,32-33H,11-14H2. The molecule has 1 saturated heterocycles. The fraction of sp³-hybridized carbons (Fsp3) is 0.250. The highest BCUT2D eigenvalue weighted by molar-refractivity contribution is 7.98. The van der Waals surface area contributed by atoms with Gasteiger partial charge in [0.15, 0.2) is 0 Å². The molecule has 8 nitrogen and oxygen atoms in total. The van der Waals surface area contributed by atoms with Crippen LogP contribution in [0.3, 0.4) is 0 Å². The molecule has 0 atom stereocenters. The molecule has 0 bridgehead atoms. The van der Waals surface area contributed by atoms with E-state index in [1.807, 2.05) is 6.07 Å². The lowest BCUT2D eigenvalue weighted by Gasteiger charge is -2.37. The number of aromatic nitrogens is 2. The highest BCUT2D eigenvalue weighted by Crippen LogP contribution is 2.40. The molecule has 178 valence electrons. The van der Waals surface area contributed by atoms with Crippen molar-refractivity contribution in [1.82, 2.24) is 9.97 Å². The molecule has 3 aromatic rings. The van der Waals surface area contributed by atoms with Crippen molar-refractivity contribution in [3.63, 3.8) is 0 Å². The topological polar surface area (TPSA) is 126 Å². The van der Waals surface area contributed by atoms with Gasteiger partial charge in [-0.05, 0) is 29.3 Å². The number of β-amino-alcohol motifs (C(OH)–C–C–N with tert-alkyl or cyclic N) is 1. The molecule has 3 heterocycles. The summed E-state index contributed by atoms with van der Waals surface area (Å²) in [6.45, 7) is -0.885. The Morgan fingerprint density at radius 2 is 1.86 bits per heavy atom. The highest BCUT2D eigenvalue weighted by Gasteiger charge is 2.32. The van der Waals surface area contributed by atoms with Crippen molar-refractivity contribution >= 4 is 17.6 Å². The Morgan fingerprint density at radius 1 is 1.14 bits per heavy atom. The van der Waals surface area contributed by atoms with E-state index in [1.165, 1.54) is 36.0 Å². The van der Waals surface area contributed by atoms with Crippen LogP contribution in [-0.4, -0.2) is 52.1 Å². The molecule has 2 aromatic heterocycles. The number of halogens is 2. The number of rotatable bonds is 8. The van der Waals surface area contributed by atoms with Crippen LogP contribution in [0, 0.1) is 22.7 Å². The molecule has 1 aliphatic heterocycles.